The summed E-state index contributed by atoms with van der Waals surface area (Å²) < 4.78 is 13.9. The van der Waals surface area contributed by atoms with Crippen molar-refractivity contribution in [2.45, 2.75) is 19.9 Å². The summed E-state index contributed by atoms with van der Waals surface area (Å²) in [4.78, 5) is 21.4. The summed E-state index contributed by atoms with van der Waals surface area (Å²) >= 11 is 5.95. The van der Waals surface area contributed by atoms with E-state index in [4.69, 9.17) is 11.6 Å². The first-order valence-corrected chi connectivity index (χ1v) is 9.08. The minimum atomic E-state index is -0.450. The van der Waals surface area contributed by atoms with Gasteiger partial charge in [0.15, 0.2) is 5.82 Å². The third-order valence-corrected chi connectivity index (χ3v) is 4.30. The second-order valence-electron chi connectivity index (χ2n) is 6.54. The maximum atomic E-state index is 13.9. The quantitative estimate of drug-likeness (QED) is 0.679. The standard InChI is InChI=1S/C21H19ClFN3O2/c1-12-7-15(9-17(23)8-12)20-25-18(14-3-5-16(22)6-4-14)10-19(26-20)21(28)24-13(2)11-27/h3-10,13,27H,11H2,1-2H3,(H,24,28). The van der Waals surface area contributed by atoms with Crippen molar-refractivity contribution in [2.24, 2.45) is 0 Å². The molecule has 0 saturated carbocycles. The van der Waals surface area contributed by atoms with E-state index in [1.807, 2.05) is 0 Å². The van der Waals surface area contributed by atoms with Crippen molar-refractivity contribution in [1.82, 2.24) is 15.3 Å². The molecule has 1 unspecified atom stereocenters. The fourth-order valence-electron chi connectivity index (χ4n) is 2.67. The summed E-state index contributed by atoms with van der Waals surface area (Å²) in [6, 6.07) is 12.6. The Balaban J connectivity index is 2.13. The van der Waals surface area contributed by atoms with Crippen LogP contribution in [0.15, 0.2) is 48.5 Å². The monoisotopic (exact) mass is 399 g/mol. The first kappa shape index (κ1) is 19.9. The van der Waals surface area contributed by atoms with Crippen LogP contribution in [0.25, 0.3) is 22.6 Å². The van der Waals surface area contributed by atoms with Crippen LogP contribution in [0.2, 0.25) is 5.02 Å². The number of carbonyl (C=O) groups excluding carboxylic acids is 1. The largest absolute Gasteiger partial charge is 0.394 e. The van der Waals surface area contributed by atoms with E-state index >= 15 is 0 Å². The van der Waals surface area contributed by atoms with Crippen LogP contribution >= 0.6 is 11.6 Å². The lowest BCUT2D eigenvalue weighted by molar-refractivity contribution is 0.0917. The SMILES string of the molecule is Cc1cc(F)cc(-c2nc(C(=O)NC(C)CO)cc(-c3ccc(Cl)cc3)n2)c1. The number of rotatable bonds is 5. The number of halogens is 2. The van der Waals surface area contributed by atoms with Crippen LogP contribution in [0.4, 0.5) is 4.39 Å². The van der Waals surface area contributed by atoms with Gasteiger partial charge in [-0.25, -0.2) is 14.4 Å². The van der Waals surface area contributed by atoms with E-state index in [0.29, 0.717) is 16.3 Å². The third-order valence-electron chi connectivity index (χ3n) is 4.05. The van der Waals surface area contributed by atoms with Crippen LogP contribution in [0.3, 0.4) is 0 Å². The summed E-state index contributed by atoms with van der Waals surface area (Å²) in [5.41, 5.74) is 2.56. The molecule has 2 aromatic carbocycles. The number of benzene rings is 2. The minimum absolute atomic E-state index is 0.122. The van der Waals surface area contributed by atoms with Gasteiger partial charge in [0.25, 0.3) is 5.91 Å². The summed E-state index contributed by atoms with van der Waals surface area (Å²) in [6.45, 7) is 3.25. The zero-order valence-electron chi connectivity index (χ0n) is 15.4. The third kappa shape index (κ3) is 4.71. The van der Waals surface area contributed by atoms with Gasteiger partial charge in [0.05, 0.1) is 12.3 Å². The number of nitrogens with one attached hydrogen (secondary N) is 1. The predicted octanol–water partition coefficient (Wildman–Crippen LogP) is 4.02. The van der Waals surface area contributed by atoms with Crippen LogP contribution in [0, 0.1) is 12.7 Å². The molecule has 0 aliphatic carbocycles. The number of aliphatic hydroxyl groups is 1. The lowest BCUT2D eigenvalue weighted by Gasteiger charge is -2.12. The molecule has 0 saturated heterocycles. The van der Waals surface area contributed by atoms with E-state index < -0.39 is 17.8 Å². The predicted molar refractivity (Wildman–Crippen MR) is 107 cm³/mol. The molecule has 3 aromatic rings. The fourth-order valence-corrected chi connectivity index (χ4v) is 2.80. The number of hydrogen-bond donors (Lipinski definition) is 2. The van der Waals surface area contributed by atoms with Crippen molar-refractivity contribution in [3.63, 3.8) is 0 Å². The molecule has 0 aliphatic rings. The van der Waals surface area contributed by atoms with Gasteiger partial charge in [-0.15, -0.1) is 0 Å². The van der Waals surface area contributed by atoms with E-state index in [1.165, 1.54) is 12.1 Å². The number of carbonyl (C=O) groups is 1. The van der Waals surface area contributed by atoms with Crippen molar-refractivity contribution in [2.75, 3.05) is 6.61 Å². The van der Waals surface area contributed by atoms with Gasteiger partial charge in [0.1, 0.15) is 11.5 Å². The zero-order valence-corrected chi connectivity index (χ0v) is 16.2. The molecule has 1 aromatic heterocycles. The zero-order chi connectivity index (χ0) is 20.3. The summed E-state index contributed by atoms with van der Waals surface area (Å²) in [5.74, 6) is -0.624. The highest BCUT2D eigenvalue weighted by Gasteiger charge is 2.16. The smallest absolute Gasteiger partial charge is 0.270 e. The molecular weight excluding hydrogens is 381 g/mol. The maximum absolute atomic E-state index is 13.9. The van der Waals surface area contributed by atoms with Crippen LogP contribution < -0.4 is 5.32 Å². The normalized spacial score (nSPS) is 11.9. The van der Waals surface area contributed by atoms with Gasteiger partial charge in [-0.05, 0) is 55.8 Å². The molecule has 1 amide bonds. The van der Waals surface area contributed by atoms with E-state index in [2.05, 4.69) is 15.3 Å². The molecule has 0 aliphatic heterocycles. The van der Waals surface area contributed by atoms with Gasteiger partial charge in [-0.3, -0.25) is 4.79 Å². The van der Waals surface area contributed by atoms with E-state index in [1.54, 1.807) is 50.2 Å². The average Bonchev–Trinajstić information content (AvgIpc) is 2.67. The lowest BCUT2D eigenvalue weighted by atomic mass is 10.1. The number of nitrogens with zero attached hydrogens (tertiary/aromatic N) is 2. The molecule has 144 valence electrons. The second-order valence-corrected chi connectivity index (χ2v) is 6.98. The van der Waals surface area contributed by atoms with Crippen molar-refractivity contribution in [1.29, 1.82) is 0 Å². The molecule has 0 bridgehead atoms. The van der Waals surface area contributed by atoms with Crippen LogP contribution in [0.1, 0.15) is 23.0 Å². The number of hydrogen-bond acceptors (Lipinski definition) is 4. The van der Waals surface area contributed by atoms with E-state index in [9.17, 15) is 14.3 Å². The second kappa shape index (κ2) is 8.46. The molecule has 7 heteroatoms. The van der Waals surface area contributed by atoms with Gasteiger partial charge in [-0.2, -0.15) is 0 Å². The number of aromatic nitrogens is 2. The molecule has 0 fully saturated rings. The molecule has 0 spiro atoms. The molecule has 28 heavy (non-hydrogen) atoms. The van der Waals surface area contributed by atoms with E-state index in [-0.39, 0.29) is 18.1 Å². The van der Waals surface area contributed by atoms with Gasteiger partial charge >= 0.3 is 0 Å². The first-order chi connectivity index (χ1) is 13.4. The Hall–Kier alpha value is -2.83. The highest BCUT2D eigenvalue weighted by atomic mass is 35.5. The summed E-state index contributed by atoms with van der Waals surface area (Å²) in [6.07, 6.45) is 0. The highest BCUT2D eigenvalue weighted by Crippen LogP contribution is 2.25. The molecule has 3 rings (SSSR count). The van der Waals surface area contributed by atoms with Crippen molar-refractivity contribution in [3.05, 3.63) is 70.6 Å². The van der Waals surface area contributed by atoms with Crippen molar-refractivity contribution < 1.29 is 14.3 Å². The Morgan fingerprint density at radius 2 is 1.86 bits per heavy atom. The topological polar surface area (TPSA) is 75.1 Å². The van der Waals surface area contributed by atoms with Crippen molar-refractivity contribution >= 4 is 17.5 Å². The molecule has 5 nitrogen and oxygen atoms in total. The summed E-state index contributed by atoms with van der Waals surface area (Å²) in [5, 5.41) is 12.4. The molecular formula is C21H19ClFN3O2. The molecule has 0 radical (unpaired) electrons. The molecule has 2 N–H and O–H groups in total. The van der Waals surface area contributed by atoms with Gasteiger partial charge < -0.3 is 10.4 Å². The van der Waals surface area contributed by atoms with Crippen molar-refractivity contribution in [3.8, 4) is 22.6 Å². The van der Waals surface area contributed by atoms with Crippen LogP contribution in [0.5, 0.6) is 0 Å². The molecule has 1 atom stereocenters. The number of amides is 1. The Bertz CT molecular complexity index is 989. The van der Waals surface area contributed by atoms with E-state index in [0.717, 1.165) is 11.1 Å². The first-order valence-electron chi connectivity index (χ1n) is 8.70. The Morgan fingerprint density at radius 3 is 2.50 bits per heavy atom. The fraction of sp³-hybridized carbons (Fsp3) is 0.190. The number of aliphatic hydroxyl groups excluding tert-OH is 1. The number of aryl methyl sites for hydroxylation is 1. The van der Waals surface area contributed by atoms with Gasteiger partial charge in [0.2, 0.25) is 0 Å². The minimum Gasteiger partial charge on any atom is -0.394 e. The maximum Gasteiger partial charge on any atom is 0.270 e. The Morgan fingerprint density at radius 1 is 1.14 bits per heavy atom. The summed E-state index contributed by atoms with van der Waals surface area (Å²) in [7, 11) is 0. The highest BCUT2D eigenvalue weighted by molar-refractivity contribution is 6.30. The Kier molecular flexibility index (Phi) is 6.02. The van der Waals surface area contributed by atoms with Crippen LogP contribution in [-0.2, 0) is 0 Å². The molecule has 1 heterocycles. The Labute approximate surface area is 167 Å². The average molecular weight is 400 g/mol. The van der Waals surface area contributed by atoms with Gasteiger partial charge in [0, 0.05) is 22.2 Å². The lowest BCUT2D eigenvalue weighted by Crippen LogP contribution is -2.35. The van der Waals surface area contributed by atoms with Gasteiger partial charge in [-0.1, -0.05) is 23.7 Å². The van der Waals surface area contributed by atoms with Crippen LogP contribution in [-0.4, -0.2) is 33.6 Å².